The molecular weight excluding hydrogens is 432 g/mol. The normalized spacial score (nSPS) is 15.2. The minimum absolute atomic E-state index is 0.0207. The van der Waals surface area contributed by atoms with E-state index in [1.54, 1.807) is 12.3 Å². The van der Waals surface area contributed by atoms with Crippen molar-refractivity contribution in [3.05, 3.63) is 70.0 Å². The molecule has 34 heavy (non-hydrogen) atoms. The summed E-state index contributed by atoms with van der Waals surface area (Å²) in [6.45, 7) is 4.73. The Morgan fingerprint density at radius 3 is 2.59 bits per heavy atom. The van der Waals surface area contributed by atoms with Gasteiger partial charge in [-0.05, 0) is 49.0 Å². The van der Waals surface area contributed by atoms with Crippen molar-refractivity contribution in [1.29, 1.82) is 0 Å². The maximum atomic E-state index is 12.3. The number of aliphatic hydroxyl groups is 1. The lowest BCUT2D eigenvalue weighted by Crippen LogP contribution is -2.44. The Bertz CT molecular complexity index is 1230. The number of rotatable bonds is 8. The second kappa shape index (κ2) is 11.1. The number of anilines is 1. The van der Waals surface area contributed by atoms with Crippen molar-refractivity contribution in [2.24, 2.45) is 4.99 Å². The Kier molecular flexibility index (Phi) is 7.74. The Morgan fingerprint density at radius 2 is 1.85 bits per heavy atom. The Morgan fingerprint density at radius 1 is 1.09 bits per heavy atom. The van der Waals surface area contributed by atoms with Crippen molar-refractivity contribution in [2.75, 3.05) is 57.9 Å². The average molecular weight is 463 g/mol. The zero-order valence-corrected chi connectivity index (χ0v) is 19.3. The second-order valence-corrected chi connectivity index (χ2v) is 8.29. The molecule has 3 N–H and O–H groups in total. The molecular formula is C26H30N4O4. The van der Waals surface area contributed by atoms with Crippen molar-refractivity contribution in [3.63, 3.8) is 0 Å². The van der Waals surface area contributed by atoms with Crippen molar-refractivity contribution in [2.45, 2.75) is 0 Å². The van der Waals surface area contributed by atoms with Gasteiger partial charge in [0.15, 0.2) is 0 Å². The van der Waals surface area contributed by atoms with E-state index in [4.69, 9.17) is 9.84 Å². The van der Waals surface area contributed by atoms with Crippen LogP contribution in [0, 0.1) is 0 Å². The number of fused-ring (bicyclic) bond motifs is 1. The number of pyridine rings is 1. The third kappa shape index (κ3) is 5.72. The van der Waals surface area contributed by atoms with E-state index in [1.165, 1.54) is 5.69 Å². The predicted molar refractivity (Wildman–Crippen MR) is 137 cm³/mol. The van der Waals surface area contributed by atoms with Crippen molar-refractivity contribution in [3.8, 4) is 5.88 Å². The van der Waals surface area contributed by atoms with Crippen LogP contribution in [0.5, 0.6) is 5.88 Å². The number of aromatic amines is 1. The number of nitrogens with zero attached hydrogens (tertiary/aromatic N) is 3. The molecule has 2 heterocycles. The van der Waals surface area contributed by atoms with Gasteiger partial charge in [0, 0.05) is 48.9 Å². The monoisotopic (exact) mass is 462 g/mol. The summed E-state index contributed by atoms with van der Waals surface area (Å²) in [5.41, 5.74) is 2.88. The van der Waals surface area contributed by atoms with Gasteiger partial charge in [0.1, 0.15) is 0 Å². The first kappa shape index (κ1) is 23.7. The molecule has 2 aromatic carbocycles. The summed E-state index contributed by atoms with van der Waals surface area (Å²) >= 11 is 0. The molecule has 8 nitrogen and oxygen atoms in total. The average Bonchev–Trinajstić information content (AvgIpc) is 2.84. The lowest BCUT2D eigenvalue weighted by molar-refractivity contribution is 0.112. The Balaban J connectivity index is 1.56. The van der Waals surface area contributed by atoms with Crippen LogP contribution in [0.25, 0.3) is 16.8 Å². The highest BCUT2D eigenvalue weighted by Crippen LogP contribution is 2.25. The smallest absolute Gasteiger partial charge is 0.258 e. The molecule has 0 atom stereocenters. The largest absolute Gasteiger partial charge is 0.494 e. The van der Waals surface area contributed by atoms with E-state index < -0.39 is 0 Å². The van der Waals surface area contributed by atoms with Gasteiger partial charge >= 0.3 is 0 Å². The quantitative estimate of drug-likeness (QED) is 0.352. The van der Waals surface area contributed by atoms with Crippen molar-refractivity contribution >= 4 is 34.4 Å². The number of piperazine rings is 1. The summed E-state index contributed by atoms with van der Waals surface area (Å²) in [5.74, 6) is -0.220. The van der Waals surface area contributed by atoms with Crippen LogP contribution in [0.1, 0.15) is 11.1 Å². The molecule has 0 saturated carbocycles. The van der Waals surface area contributed by atoms with E-state index in [0.717, 1.165) is 37.4 Å². The zero-order valence-electron chi connectivity index (χ0n) is 19.3. The molecule has 1 saturated heterocycles. The highest BCUT2D eigenvalue weighted by molar-refractivity contribution is 6.02. The lowest BCUT2D eigenvalue weighted by atomic mass is 10.0. The summed E-state index contributed by atoms with van der Waals surface area (Å²) < 4.78 is 5.24. The molecule has 0 bridgehead atoms. The van der Waals surface area contributed by atoms with Crippen molar-refractivity contribution in [1.82, 2.24) is 9.88 Å². The SMILES string of the molecule is CN1CCN(c2ccc(N=Cc3c(O)[nH]c(=O)c4ccc(/C=C/COCCO)cc34)cc2)CC1. The number of hydrogen-bond acceptors (Lipinski definition) is 7. The van der Waals surface area contributed by atoms with Crippen LogP contribution in [-0.4, -0.2) is 79.4 Å². The molecule has 0 amide bonds. The maximum absolute atomic E-state index is 12.3. The Hall–Kier alpha value is -3.46. The zero-order chi connectivity index (χ0) is 23.9. The van der Waals surface area contributed by atoms with Gasteiger partial charge in [0.2, 0.25) is 5.88 Å². The fourth-order valence-electron chi connectivity index (χ4n) is 3.94. The first-order valence-electron chi connectivity index (χ1n) is 11.4. The number of likely N-dealkylation sites (N-methyl/N-ethyl adjacent to an activating group) is 1. The number of aliphatic hydroxyl groups excluding tert-OH is 1. The summed E-state index contributed by atoms with van der Waals surface area (Å²) in [7, 11) is 2.14. The number of ether oxygens (including phenoxy) is 1. The number of nitrogens with one attached hydrogen (secondary N) is 1. The minimum atomic E-state index is -0.358. The molecule has 3 aromatic rings. The number of aromatic nitrogens is 1. The topological polar surface area (TPSA) is 101 Å². The highest BCUT2D eigenvalue weighted by Gasteiger charge is 2.14. The fraction of sp³-hybridized carbons (Fsp3) is 0.308. The fourth-order valence-corrected chi connectivity index (χ4v) is 3.94. The summed E-state index contributed by atoms with van der Waals surface area (Å²) in [4.78, 5) is 24.1. The van der Waals surface area contributed by atoms with E-state index in [-0.39, 0.29) is 24.7 Å². The molecule has 0 unspecified atom stereocenters. The molecule has 1 aliphatic heterocycles. The standard InChI is InChI=1S/C26H30N4O4/c1-29-10-12-30(13-11-29)21-7-5-20(6-8-21)27-18-24-23-17-19(3-2-15-34-16-14-31)4-9-22(23)25(32)28-26(24)33/h2-9,17-18,31H,10-16H2,1H3,(H2,28,32,33)/b3-2+,27-18?. The van der Waals surface area contributed by atoms with Crippen LogP contribution < -0.4 is 10.5 Å². The minimum Gasteiger partial charge on any atom is -0.494 e. The van der Waals surface area contributed by atoms with Gasteiger partial charge in [-0.3, -0.25) is 14.8 Å². The van der Waals surface area contributed by atoms with E-state index in [0.29, 0.717) is 22.9 Å². The highest BCUT2D eigenvalue weighted by atomic mass is 16.5. The third-order valence-corrected chi connectivity index (χ3v) is 5.89. The second-order valence-electron chi connectivity index (χ2n) is 8.29. The van der Waals surface area contributed by atoms with Gasteiger partial charge in [0.05, 0.1) is 31.1 Å². The van der Waals surface area contributed by atoms with Crippen LogP contribution in [0.4, 0.5) is 11.4 Å². The van der Waals surface area contributed by atoms with Crippen LogP contribution in [-0.2, 0) is 4.74 Å². The van der Waals surface area contributed by atoms with Crippen LogP contribution in [0.3, 0.4) is 0 Å². The molecule has 1 aromatic heterocycles. The summed E-state index contributed by atoms with van der Waals surface area (Å²) in [5, 5.41) is 20.3. The summed E-state index contributed by atoms with van der Waals surface area (Å²) in [6, 6.07) is 13.4. The molecule has 0 spiro atoms. The number of aromatic hydroxyl groups is 1. The first-order valence-corrected chi connectivity index (χ1v) is 11.4. The molecule has 4 rings (SSSR count). The third-order valence-electron chi connectivity index (χ3n) is 5.89. The van der Waals surface area contributed by atoms with Gasteiger partial charge < -0.3 is 24.7 Å². The molecule has 1 fully saturated rings. The molecule has 1 aliphatic rings. The maximum Gasteiger partial charge on any atom is 0.258 e. The van der Waals surface area contributed by atoms with Gasteiger partial charge in [-0.1, -0.05) is 18.2 Å². The number of benzene rings is 2. The van der Waals surface area contributed by atoms with Crippen LogP contribution >= 0.6 is 0 Å². The molecule has 0 radical (unpaired) electrons. The first-order chi connectivity index (χ1) is 16.5. The van der Waals surface area contributed by atoms with Gasteiger partial charge in [-0.2, -0.15) is 0 Å². The predicted octanol–water partition coefficient (Wildman–Crippen LogP) is 2.76. The van der Waals surface area contributed by atoms with Gasteiger partial charge in [-0.15, -0.1) is 0 Å². The molecule has 0 aliphatic carbocycles. The molecule has 178 valence electrons. The van der Waals surface area contributed by atoms with E-state index >= 15 is 0 Å². The Labute approximate surface area is 198 Å². The van der Waals surface area contributed by atoms with Gasteiger partial charge in [-0.25, -0.2) is 0 Å². The van der Waals surface area contributed by atoms with E-state index in [9.17, 15) is 9.90 Å². The van der Waals surface area contributed by atoms with Crippen LogP contribution in [0.2, 0.25) is 0 Å². The van der Waals surface area contributed by atoms with Crippen LogP contribution in [0.15, 0.2) is 58.3 Å². The van der Waals surface area contributed by atoms with E-state index in [2.05, 4.69) is 39.0 Å². The lowest BCUT2D eigenvalue weighted by Gasteiger charge is -2.34. The number of H-pyrrole nitrogens is 1. The van der Waals surface area contributed by atoms with Gasteiger partial charge in [0.25, 0.3) is 5.56 Å². The summed E-state index contributed by atoms with van der Waals surface area (Å²) in [6.07, 6.45) is 5.28. The number of aliphatic imine (C=N–C) groups is 1. The molecule has 8 heteroatoms. The van der Waals surface area contributed by atoms with Crippen molar-refractivity contribution < 1.29 is 14.9 Å². The number of hydrogen-bond donors (Lipinski definition) is 3. The van der Waals surface area contributed by atoms with E-state index in [1.807, 2.05) is 36.4 Å².